The molecular weight excluding hydrogens is 320 g/mol. The molecule has 0 spiro atoms. The number of phenols is 1. The van der Waals surface area contributed by atoms with Crippen LogP contribution < -0.4 is 0 Å². The zero-order valence-corrected chi connectivity index (χ0v) is 10.1. The van der Waals surface area contributed by atoms with Gasteiger partial charge in [-0.05, 0) is 15.9 Å². The Morgan fingerprint density at radius 2 is 1.71 bits per heavy atom. The van der Waals surface area contributed by atoms with Crippen molar-refractivity contribution in [1.82, 2.24) is 0 Å². The summed E-state index contributed by atoms with van der Waals surface area (Å²) in [6, 6.07) is 0. The maximum atomic E-state index is 10.5. The molecule has 0 saturated heterocycles. The molecule has 0 aliphatic heterocycles. The number of nitro benzene ring substituents is 1. The first-order valence-corrected chi connectivity index (χ1v) is 5.00. The quantitative estimate of drug-likeness (QED) is 0.368. The third-order valence-corrected chi connectivity index (χ3v) is 3.72. The van der Waals surface area contributed by atoms with E-state index >= 15 is 0 Å². The van der Waals surface area contributed by atoms with Gasteiger partial charge in [0, 0.05) is 0 Å². The maximum absolute atomic E-state index is 10.5. The van der Waals surface area contributed by atoms with Gasteiger partial charge in [-0.2, -0.15) is 0 Å². The molecule has 0 aromatic heterocycles. The lowest BCUT2D eigenvalue weighted by Gasteiger charge is -2.05. The lowest BCUT2D eigenvalue weighted by Crippen LogP contribution is -1.92. The monoisotopic (exact) mass is 319 g/mol. The molecule has 8 heteroatoms. The van der Waals surface area contributed by atoms with Gasteiger partial charge in [0.1, 0.15) is 9.50 Å². The topological polar surface area (TPSA) is 63.4 Å². The van der Waals surface area contributed by atoms with Crippen LogP contribution in [0.15, 0.2) is 4.47 Å². The predicted octanol–water partition coefficient (Wildman–Crippen LogP) is 4.02. The van der Waals surface area contributed by atoms with Crippen LogP contribution in [0.4, 0.5) is 5.69 Å². The molecule has 0 unspecified atom stereocenters. The lowest BCUT2D eigenvalue weighted by molar-refractivity contribution is -0.386. The number of aromatic hydroxyl groups is 1. The second kappa shape index (κ2) is 4.10. The number of nitrogens with zero attached hydrogens (tertiary/aromatic N) is 1. The molecule has 0 fully saturated rings. The highest BCUT2D eigenvalue weighted by molar-refractivity contribution is 9.10. The molecule has 0 aliphatic carbocycles. The van der Waals surface area contributed by atoms with E-state index in [0.717, 1.165) is 0 Å². The smallest absolute Gasteiger partial charge is 0.327 e. The van der Waals surface area contributed by atoms with Gasteiger partial charge in [-0.1, -0.05) is 34.8 Å². The number of halogens is 4. The minimum atomic E-state index is -0.812. The van der Waals surface area contributed by atoms with Crippen LogP contribution in [0.25, 0.3) is 0 Å². The van der Waals surface area contributed by atoms with Crippen molar-refractivity contribution in [3.8, 4) is 5.75 Å². The zero-order chi connectivity index (χ0) is 11.0. The largest absolute Gasteiger partial charge is 0.501 e. The van der Waals surface area contributed by atoms with E-state index in [-0.39, 0.29) is 19.5 Å². The Hall–Kier alpha value is -0.230. The van der Waals surface area contributed by atoms with Crippen molar-refractivity contribution in [1.29, 1.82) is 0 Å². The molecule has 0 amide bonds. The van der Waals surface area contributed by atoms with Gasteiger partial charge in [0.2, 0.25) is 5.75 Å². The first-order chi connectivity index (χ1) is 6.37. The number of benzene rings is 1. The maximum Gasteiger partial charge on any atom is 0.327 e. The van der Waals surface area contributed by atoms with Crippen LogP contribution in [0.3, 0.4) is 0 Å². The summed E-state index contributed by atoms with van der Waals surface area (Å²) in [7, 11) is 0. The number of phenolic OH excluding ortho intramolecular Hbond substituents is 1. The van der Waals surface area contributed by atoms with Gasteiger partial charge in [0.05, 0.1) is 15.0 Å². The van der Waals surface area contributed by atoms with Crippen molar-refractivity contribution in [3.63, 3.8) is 0 Å². The van der Waals surface area contributed by atoms with E-state index in [1.807, 2.05) is 0 Å². The number of hydrogen-bond donors (Lipinski definition) is 1. The molecule has 1 N–H and O–H groups in total. The van der Waals surface area contributed by atoms with E-state index < -0.39 is 16.4 Å². The summed E-state index contributed by atoms with van der Waals surface area (Å²) in [5, 5.41) is 19.2. The molecule has 1 rings (SSSR count). The van der Waals surface area contributed by atoms with Crippen LogP contribution >= 0.6 is 50.7 Å². The molecular formula is C6HBrCl3NO3. The van der Waals surface area contributed by atoms with Gasteiger partial charge in [0.25, 0.3) is 0 Å². The Bertz CT molecular complexity index is 394. The summed E-state index contributed by atoms with van der Waals surface area (Å²) in [6.45, 7) is 0. The normalized spacial score (nSPS) is 10.3. The van der Waals surface area contributed by atoms with Crippen molar-refractivity contribution in [2.45, 2.75) is 0 Å². The minimum Gasteiger partial charge on any atom is -0.501 e. The minimum absolute atomic E-state index is 0.101. The molecule has 76 valence electrons. The Morgan fingerprint density at radius 1 is 1.21 bits per heavy atom. The summed E-state index contributed by atoms with van der Waals surface area (Å²) in [4.78, 5) is 9.70. The SMILES string of the molecule is O=[N+]([O-])c1c(O)c(Cl)c(Cl)c(Cl)c1Br. The summed E-state index contributed by atoms with van der Waals surface area (Å²) >= 11 is 19.6. The molecule has 0 atom stereocenters. The van der Waals surface area contributed by atoms with E-state index in [2.05, 4.69) is 15.9 Å². The Morgan fingerprint density at radius 3 is 2.14 bits per heavy atom. The highest BCUT2D eigenvalue weighted by Crippen LogP contribution is 2.48. The third kappa shape index (κ3) is 1.77. The van der Waals surface area contributed by atoms with Crippen LogP contribution in [0.1, 0.15) is 0 Å². The van der Waals surface area contributed by atoms with Crippen molar-refractivity contribution in [3.05, 3.63) is 29.7 Å². The van der Waals surface area contributed by atoms with Gasteiger partial charge in [-0.3, -0.25) is 10.1 Å². The van der Waals surface area contributed by atoms with E-state index in [1.54, 1.807) is 0 Å². The van der Waals surface area contributed by atoms with Crippen molar-refractivity contribution >= 4 is 56.4 Å². The van der Waals surface area contributed by atoms with E-state index in [4.69, 9.17) is 34.8 Å². The number of rotatable bonds is 1. The standard InChI is InChI=1S/C6HBrCl3NO3/c7-1-2(8)3(9)4(10)6(12)5(1)11(13)14/h12H. The molecule has 0 aliphatic rings. The van der Waals surface area contributed by atoms with Gasteiger partial charge in [-0.25, -0.2) is 0 Å². The molecule has 4 nitrogen and oxygen atoms in total. The average Bonchev–Trinajstić information content (AvgIpc) is 2.11. The molecule has 0 radical (unpaired) electrons. The van der Waals surface area contributed by atoms with Crippen molar-refractivity contribution < 1.29 is 10.0 Å². The summed E-state index contributed by atoms with van der Waals surface area (Å²) in [6.07, 6.45) is 0. The second-order valence-corrected chi connectivity index (χ2v) is 4.14. The van der Waals surface area contributed by atoms with Gasteiger partial charge >= 0.3 is 5.69 Å². The fourth-order valence-electron chi connectivity index (χ4n) is 0.775. The van der Waals surface area contributed by atoms with E-state index in [0.29, 0.717) is 0 Å². The van der Waals surface area contributed by atoms with Crippen LogP contribution in [0.2, 0.25) is 15.1 Å². The van der Waals surface area contributed by atoms with Crippen molar-refractivity contribution in [2.24, 2.45) is 0 Å². The predicted molar refractivity (Wildman–Crippen MR) is 57.5 cm³/mol. The molecule has 1 aromatic carbocycles. The van der Waals surface area contributed by atoms with E-state index in [9.17, 15) is 15.2 Å². The molecule has 0 bridgehead atoms. The Balaban J connectivity index is 3.68. The molecule has 0 saturated carbocycles. The second-order valence-electron chi connectivity index (χ2n) is 2.21. The number of hydrogen-bond acceptors (Lipinski definition) is 3. The fraction of sp³-hybridized carbons (Fsp3) is 0. The zero-order valence-electron chi connectivity index (χ0n) is 6.22. The Labute approximate surface area is 102 Å². The highest BCUT2D eigenvalue weighted by atomic mass is 79.9. The first-order valence-electron chi connectivity index (χ1n) is 3.07. The van der Waals surface area contributed by atoms with Gasteiger partial charge in [0.15, 0.2) is 0 Å². The van der Waals surface area contributed by atoms with Crippen LogP contribution in [0, 0.1) is 10.1 Å². The molecule has 0 heterocycles. The number of nitro groups is 1. The third-order valence-electron chi connectivity index (χ3n) is 1.40. The first kappa shape index (κ1) is 11.8. The van der Waals surface area contributed by atoms with Crippen LogP contribution in [-0.2, 0) is 0 Å². The van der Waals surface area contributed by atoms with E-state index in [1.165, 1.54) is 0 Å². The summed E-state index contributed by atoms with van der Waals surface area (Å²) < 4.78 is -0.101. The molecule has 1 aromatic rings. The fourth-order valence-corrected chi connectivity index (χ4v) is 2.02. The Kier molecular flexibility index (Phi) is 3.47. The summed E-state index contributed by atoms with van der Waals surface area (Å²) in [5.41, 5.74) is -0.607. The lowest BCUT2D eigenvalue weighted by atomic mass is 10.3. The van der Waals surface area contributed by atoms with Crippen molar-refractivity contribution in [2.75, 3.05) is 0 Å². The van der Waals surface area contributed by atoms with Crippen LogP contribution in [0.5, 0.6) is 5.75 Å². The molecule has 14 heavy (non-hydrogen) atoms. The van der Waals surface area contributed by atoms with Gasteiger partial charge in [-0.15, -0.1) is 0 Å². The highest BCUT2D eigenvalue weighted by Gasteiger charge is 2.27. The summed E-state index contributed by atoms with van der Waals surface area (Å²) in [5.74, 6) is -0.710. The van der Waals surface area contributed by atoms with Gasteiger partial charge < -0.3 is 5.11 Å². The average molecular weight is 321 g/mol. The van der Waals surface area contributed by atoms with Crippen LogP contribution in [-0.4, -0.2) is 10.0 Å².